The molecule has 7 nitrogen and oxygen atoms in total. The Labute approximate surface area is 150 Å². The van der Waals surface area contributed by atoms with Gasteiger partial charge in [0, 0.05) is 6.54 Å². The summed E-state index contributed by atoms with van der Waals surface area (Å²) in [5, 5.41) is 2.61. The van der Waals surface area contributed by atoms with Gasteiger partial charge < -0.3 is 14.8 Å². The molecule has 1 aliphatic heterocycles. The Morgan fingerprint density at radius 1 is 0.962 bits per heavy atom. The van der Waals surface area contributed by atoms with Crippen LogP contribution in [0.25, 0.3) is 0 Å². The molecule has 134 valence electrons. The number of imide groups is 3. The van der Waals surface area contributed by atoms with Crippen molar-refractivity contribution in [2.75, 3.05) is 20.8 Å². The van der Waals surface area contributed by atoms with Crippen LogP contribution in [0.15, 0.2) is 42.5 Å². The quantitative estimate of drug-likeness (QED) is 0.833. The zero-order chi connectivity index (χ0) is 18.7. The molecule has 0 fully saturated rings. The van der Waals surface area contributed by atoms with E-state index < -0.39 is 17.8 Å². The second kappa shape index (κ2) is 7.26. The topological polar surface area (TPSA) is 84.9 Å². The van der Waals surface area contributed by atoms with Crippen LogP contribution in [0.2, 0.25) is 0 Å². The van der Waals surface area contributed by atoms with Gasteiger partial charge in [0.1, 0.15) is 0 Å². The number of urea groups is 1. The minimum atomic E-state index is -0.725. The number of ether oxygens (including phenoxy) is 2. The number of carbonyl (C=O) groups excluding carboxylic acids is 3. The fraction of sp³-hybridized carbons (Fsp3) is 0.211. The SMILES string of the molecule is COc1ccc(CCNC(=O)N2C(=O)c3ccccc3C2=O)cc1OC. The summed E-state index contributed by atoms with van der Waals surface area (Å²) in [6.45, 7) is 0.266. The highest BCUT2D eigenvalue weighted by molar-refractivity contribution is 6.28. The van der Waals surface area contributed by atoms with E-state index >= 15 is 0 Å². The maximum atomic E-state index is 12.3. The van der Waals surface area contributed by atoms with E-state index in [1.807, 2.05) is 12.1 Å². The van der Waals surface area contributed by atoms with Gasteiger partial charge in [0.2, 0.25) is 0 Å². The van der Waals surface area contributed by atoms with Gasteiger partial charge in [-0.1, -0.05) is 18.2 Å². The predicted octanol–water partition coefficient (Wildman–Crippen LogP) is 2.25. The normalized spacial score (nSPS) is 12.8. The number of nitrogens with zero attached hydrogens (tertiary/aromatic N) is 1. The average Bonchev–Trinajstić information content (AvgIpc) is 2.92. The standard InChI is InChI=1S/C19H18N2O5/c1-25-15-8-7-12(11-16(15)26-2)9-10-20-19(24)21-17(22)13-5-3-4-6-14(13)18(21)23/h3-8,11H,9-10H2,1-2H3,(H,20,24). The van der Waals surface area contributed by atoms with E-state index in [1.165, 1.54) is 12.1 Å². The predicted molar refractivity (Wildman–Crippen MR) is 93.6 cm³/mol. The Balaban J connectivity index is 1.62. The summed E-state index contributed by atoms with van der Waals surface area (Å²) in [5.74, 6) is 0.00594. The summed E-state index contributed by atoms with van der Waals surface area (Å²) in [7, 11) is 3.10. The van der Waals surface area contributed by atoms with Gasteiger partial charge in [-0.05, 0) is 36.2 Å². The van der Waals surface area contributed by atoms with Gasteiger partial charge in [0.15, 0.2) is 11.5 Å². The zero-order valence-electron chi connectivity index (χ0n) is 14.4. The maximum absolute atomic E-state index is 12.3. The van der Waals surface area contributed by atoms with Gasteiger partial charge in [-0.2, -0.15) is 4.90 Å². The highest BCUT2D eigenvalue weighted by Gasteiger charge is 2.39. The fourth-order valence-corrected chi connectivity index (χ4v) is 2.80. The molecule has 0 aliphatic carbocycles. The van der Waals surface area contributed by atoms with E-state index in [0.29, 0.717) is 22.8 Å². The van der Waals surface area contributed by atoms with E-state index in [9.17, 15) is 14.4 Å². The number of nitrogens with one attached hydrogen (secondary N) is 1. The van der Waals surface area contributed by atoms with Crippen LogP contribution in [0.4, 0.5) is 4.79 Å². The number of amides is 4. The second-order valence-electron chi connectivity index (χ2n) is 5.66. The van der Waals surface area contributed by atoms with Crippen LogP contribution >= 0.6 is 0 Å². The Morgan fingerprint density at radius 2 is 1.58 bits per heavy atom. The number of hydrogen-bond acceptors (Lipinski definition) is 5. The molecule has 0 unspecified atom stereocenters. The number of carbonyl (C=O) groups is 3. The summed E-state index contributed by atoms with van der Waals surface area (Å²) in [6.07, 6.45) is 0.509. The highest BCUT2D eigenvalue weighted by Crippen LogP contribution is 2.27. The molecule has 7 heteroatoms. The molecule has 1 heterocycles. The Bertz CT molecular complexity index is 843. The second-order valence-corrected chi connectivity index (χ2v) is 5.66. The molecule has 2 aromatic carbocycles. The molecule has 0 radical (unpaired) electrons. The fourth-order valence-electron chi connectivity index (χ4n) is 2.80. The molecule has 0 aromatic heterocycles. The summed E-state index contributed by atoms with van der Waals surface area (Å²) in [5.41, 5.74) is 1.41. The summed E-state index contributed by atoms with van der Waals surface area (Å²) in [4.78, 5) is 37.4. The Hall–Kier alpha value is -3.35. The smallest absolute Gasteiger partial charge is 0.331 e. The minimum Gasteiger partial charge on any atom is -0.493 e. The van der Waals surface area contributed by atoms with Crippen LogP contribution in [-0.4, -0.2) is 43.5 Å². The molecule has 26 heavy (non-hydrogen) atoms. The first kappa shape index (κ1) is 17.5. The third-order valence-electron chi connectivity index (χ3n) is 4.14. The average molecular weight is 354 g/mol. The lowest BCUT2D eigenvalue weighted by atomic mass is 10.1. The Morgan fingerprint density at radius 3 is 2.15 bits per heavy atom. The first-order valence-corrected chi connectivity index (χ1v) is 8.03. The summed E-state index contributed by atoms with van der Waals surface area (Å²) >= 11 is 0. The van der Waals surface area contributed by atoms with Crippen molar-refractivity contribution in [2.24, 2.45) is 0 Å². The number of fused-ring (bicyclic) bond motifs is 1. The lowest BCUT2D eigenvalue weighted by Crippen LogP contribution is -2.44. The molecule has 0 saturated heterocycles. The molecule has 0 spiro atoms. The van der Waals surface area contributed by atoms with E-state index in [2.05, 4.69) is 5.32 Å². The minimum absolute atomic E-state index is 0.243. The molecule has 0 bridgehead atoms. The van der Waals surface area contributed by atoms with Crippen molar-refractivity contribution in [3.8, 4) is 11.5 Å². The highest BCUT2D eigenvalue weighted by atomic mass is 16.5. The van der Waals surface area contributed by atoms with Crippen molar-refractivity contribution in [2.45, 2.75) is 6.42 Å². The van der Waals surface area contributed by atoms with Crippen molar-refractivity contribution in [1.82, 2.24) is 10.2 Å². The zero-order valence-corrected chi connectivity index (χ0v) is 14.4. The van der Waals surface area contributed by atoms with E-state index in [1.54, 1.807) is 32.4 Å². The lowest BCUT2D eigenvalue weighted by molar-refractivity contribution is 0.0703. The number of benzene rings is 2. The lowest BCUT2D eigenvalue weighted by Gasteiger charge is -2.14. The van der Waals surface area contributed by atoms with Gasteiger partial charge >= 0.3 is 6.03 Å². The first-order chi connectivity index (χ1) is 12.6. The third kappa shape index (κ3) is 3.11. The van der Waals surface area contributed by atoms with E-state index in [4.69, 9.17) is 9.47 Å². The molecular formula is C19H18N2O5. The molecular weight excluding hydrogens is 336 g/mol. The van der Waals surface area contributed by atoms with E-state index in [0.717, 1.165) is 5.56 Å². The molecule has 1 aliphatic rings. The van der Waals surface area contributed by atoms with Gasteiger partial charge in [-0.3, -0.25) is 9.59 Å². The van der Waals surface area contributed by atoms with Gasteiger partial charge in [0.25, 0.3) is 11.8 Å². The summed E-state index contributed by atoms with van der Waals surface area (Å²) in [6, 6.07) is 11.1. The number of rotatable bonds is 5. The van der Waals surface area contributed by atoms with Crippen molar-refractivity contribution < 1.29 is 23.9 Å². The van der Waals surface area contributed by atoms with Crippen molar-refractivity contribution in [3.05, 3.63) is 59.2 Å². The number of hydrogen-bond donors (Lipinski definition) is 1. The van der Waals surface area contributed by atoms with Gasteiger partial charge in [0.05, 0.1) is 25.3 Å². The molecule has 0 saturated carbocycles. The van der Waals surface area contributed by atoms with Crippen LogP contribution in [-0.2, 0) is 6.42 Å². The maximum Gasteiger partial charge on any atom is 0.331 e. The molecule has 0 atom stereocenters. The van der Waals surface area contributed by atoms with Crippen LogP contribution in [0.3, 0.4) is 0 Å². The first-order valence-electron chi connectivity index (χ1n) is 8.03. The van der Waals surface area contributed by atoms with Crippen LogP contribution < -0.4 is 14.8 Å². The van der Waals surface area contributed by atoms with Crippen LogP contribution in [0.5, 0.6) is 11.5 Å². The van der Waals surface area contributed by atoms with Crippen molar-refractivity contribution in [3.63, 3.8) is 0 Å². The van der Waals surface area contributed by atoms with Crippen molar-refractivity contribution >= 4 is 17.8 Å². The molecule has 1 N–H and O–H groups in total. The molecule has 2 aromatic rings. The third-order valence-corrected chi connectivity index (χ3v) is 4.14. The Kier molecular flexibility index (Phi) is 4.88. The van der Waals surface area contributed by atoms with Gasteiger partial charge in [-0.15, -0.1) is 0 Å². The van der Waals surface area contributed by atoms with Crippen LogP contribution in [0, 0.1) is 0 Å². The van der Waals surface area contributed by atoms with Crippen molar-refractivity contribution in [1.29, 1.82) is 0 Å². The van der Waals surface area contributed by atoms with Crippen LogP contribution in [0.1, 0.15) is 26.3 Å². The monoisotopic (exact) mass is 354 g/mol. The largest absolute Gasteiger partial charge is 0.493 e. The summed E-state index contributed by atoms with van der Waals surface area (Å²) < 4.78 is 10.4. The number of methoxy groups -OCH3 is 2. The molecule has 3 rings (SSSR count). The van der Waals surface area contributed by atoms with E-state index in [-0.39, 0.29) is 17.7 Å². The molecule has 4 amide bonds. The van der Waals surface area contributed by atoms with Gasteiger partial charge in [-0.25, -0.2) is 4.79 Å².